The van der Waals surface area contributed by atoms with Crippen LogP contribution in [-0.2, 0) is 17.9 Å². The van der Waals surface area contributed by atoms with Crippen LogP contribution in [0.3, 0.4) is 0 Å². The predicted molar refractivity (Wildman–Crippen MR) is 62.4 cm³/mol. The second-order valence-corrected chi connectivity index (χ2v) is 5.03. The van der Waals surface area contributed by atoms with E-state index in [9.17, 15) is 5.11 Å². The van der Waals surface area contributed by atoms with Crippen LogP contribution < -0.4 is 0 Å². The minimum absolute atomic E-state index is 0.449. The number of rotatable bonds is 4. The molecule has 2 heterocycles. The second kappa shape index (κ2) is 5.16. The van der Waals surface area contributed by atoms with E-state index >= 15 is 0 Å². The lowest BCUT2D eigenvalue weighted by Crippen LogP contribution is -2.45. The maximum Gasteiger partial charge on any atom is 0.162 e. The molecule has 1 saturated heterocycles. The van der Waals surface area contributed by atoms with E-state index in [2.05, 4.69) is 10.1 Å². The first kappa shape index (κ1) is 12.5. The second-order valence-electron chi connectivity index (χ2n) is 5.03. The van der Waals surface area contributed by atoms with Crippen molar-refractivity contribution < 1.29 is 14.4 Å². The lowest BCUT2D eigenvalue weighted by atomic mass is 9.95. The summed E-state index contributed by atoms with van der Waals surface area (Å²) in [6.07, 6.45) is 1.90. The third kappa shape index (κ3) is 3.52. The highest BCUT2D eigenvalue weighted by Gasteiger charge is 2.28. The van der Waals surface area contributed by atoms with E-state index < -0.39 is 5.60 Å². The molecule has 17 heavy (non-hydrogen) atoms. The van der Waals surface area contributed by atoms with Crippen LogP contribution in [-0.4, -0.2) is 41.0 Å². The summed E-state index contributed by atoms with van der Waals surface area (Å²) < 4.78 is 10.1. The predicted octanol–water partition coefficient (Wildman–Crippen LogP) is 1.17. The van der Waals surface area contributed by atoms with Crippen LogP contribution in [0.25, 0.3) is 0 Å². The molecule has 0 radical (unpaired) electrons. The SMILES string of the molecule is COCc1cc(CN2CCCC(C)(O)C2)no1. The van der Waals surface area contributed by atoms with Crippen molar-refractivity contribution in [2.45, 2.75) is 38.5 Å². The Kier molecular flexibility index (Phi) is 3.81. The third-order valence-electron chi connectivity index (χ3n) is 3.03. The van der Waals surface area contributed by atoms with Crippen molar-refractivity contribution in [1.29, 1.82) is 0 Å². The van der Waals surface area contributed by atoms with Gasteiger partial charge in [0.1, 0.15) is 6.61 Å². The topological polar surface area (TPSA) is 58.7 Å². The number of hydrogen-bond acceptors (Lipinski definition) is 5. The fourth-order valence-electron chi connectivity index (χ4n) is 2.33. The number of likely N-dealkylation sites (tertiary alicyclic amines) is 1. The van der Waals surface area contributed by atoms with Gasteiger partial charge in [0.2, 0.25) is 0 Å². The van der Waals surface area contributed by atoms with E-state index in [1.54, 1.807) is 7.11 Å². The van der Waals surface area contributed by atoms with Crippen LogP contribution in [0.2, 0.25) is 0 Å². The van der Waals surface area contributed by atoms with Gasteiger partial charge in [-0.3, -0.25) is 4.90 Å². The molecule has 0 aliphatic carbocycles. The number of aliphatic hydroxyl groups is 1. The molecule has 0 saturated carbocycles. The molecule has 0 bridgehead atoms. The largest absolute Gasteiger partial charge is 0.389 e. The molecular formula is C12H20N2O3. The molecular weight excluding hydrogens is 220 g/mol. The number of aromatic nitrogens is 1. The Balaban J connectivity index is 1.91. The number of piperidine rings is 1. The summed E-state index contributed by atoms with van der Waals surface area (Å²) in [5.41, 5.74) is 0.326. The van der Waals surface area contributed by atoms with Crippen molar-refractivity contribution in [2.24, 2.45) is 0 Å². The van der Waals surface area contributed by atoms with E-state index in [-0.39, 0.29) is 0 Å². The Bertz CT molecular complexity index is 362. The van der Waals surface area contributed by atoms with Crippen LogP contribution >= 0.6 is 0 Å². The zero-order chi connectivity index (χ0) is 12.3. The van der Waals surface area contributed by atoms with Crippen LogP contribution in [0.15, 0.2) is 10.6 Å². The van der Waals surface area contributed by atoms with Gasteiger partial charge in [-0.05, 0) is 26.3 Å². The van der Waals surface area contributed by atoms with Crippen LogP contribution in [0, 0.1) is 0 Å². The monoisotopic (exact) mass is 240 g/mol. The average Bonchev–Trinajstić information content (AvgIpc) is 2.64. The Hall–Kier alpha value is -0.910. The molecule has 1 N–H and O–H groups in total. The number of methoxy groups -OCH3 is 1. The molecule has 1 aromatic heterocycles. The van der Waals surface area contributed by atoms with Crippen molar-refractivity contribution in [3.63, 3.8) is 0 Å². The Morgan fingerprint density at radius 3 is 3.18 bits per heavy atom. The number of nitrogens with zero attached hydrogens (tertiary/aromatic N) is 2. The van der Waals surface area contributed by atoms with E-state index in [1.165, 1.54) is 0 Å². The van der Waals surface area contributed by atoms with E-state index in [0.29, 0.717) is 13.2 Å². The zero-order valence-corrected chi connectivity index (χ0v) is 10.5. The number of β-amino-alcohol motifs (C(OH)–C–C–N with tert-alkyl or cyclic N) is 1. The highest BCUT2D eigenvalue weighted by Crippen LogP contribution is 2.21. The van der Waals surface area contributed by atoms with Crippen molar-refractivity contribution in [2.75, 3.05) is 20.2 Å². The van der Waals surface area contributed by atoms with Gasteiger partial charge >= 0.3 is 0 Å². The zero-order valence-electron chi connectivity index (χ0n) is 10.5. The van der Waals surface area contributed by atoms with Gasteiger partial charge in [-0.1, -0.05) is 5.16 Å². The fraction of sp³-hybridized carbons (Fsp3) is 0.750. The summed E-state index contributed by atoms with van der Waals surface area (Å²) >= 11 is 0. The van der Waals surface area contributed by atoms with Gasteiger partial charge in [-0.2, -0.15) is 0 Å². The maximum atomic E-state index is 10.0. The van der Waals surface area contributed by atoms with E-state index in [1.807, 2.05) is 13.0 Å². The molecule has 1 aliphatic rings. The highest BCUT2D eigenvalue weighted by molar-refractivity contribution is 5.05. The quantitative estimate of drug-likeness (QED) is 0.856. The Morgan fingerprint density at radius 2 is 2.47 bits per heavy atom. The third-order valence-corrected chi connectivity index (χ3v) is 3.03. The van der Waals surface area contributed by atoms with E-state index in [0.717, 1.165) is 37.4 Å². The van der Waals surface area contributed by atoms with Crippen molar-refractivity contribution in [3.8, 4) is 0 Å². The summed E-state index contributed by atoms with van der Waals surface area (Å²) in [6, 6.07) is 1.91. The van der Waals surface area contributed by atoms with Gasteiger partial charge < -0.3 is 14.4 Å². The molecule has 5 heteroatoms. The van der Waals surface area contributed by atoms with Gasteiger partial charge in [-0.25, -0.2) is 0 Å². The molecule has 0 spiro atoms. The number of ether oxygens (including phenoxy) is 1. The Labute approximate surface area is 101 Å². The summed E-state index contributed by atoms with van der Waals surface area (Å²) in [4.78, 5) is 2.21. The lowest BCUT2D eigenvalue weighted by molar-refractivity contribution is -0.0187. The fourth-order valence-corrected chi connectivity index (χ4v) is 2.33. The van der Waals surface area contributed by atoms with Crippen LogP contribution in [0.1, 0.15) is 31.2 Å². The first-order chi connectivity index (χ1) is 8.09. The normalized spacial score (nSPS) is 26.3. The summed E-state index contributed by atoms with van der Waals surface area (Å²) in [6.45, 7) is 4.76. The molecule has 1 fully saturated rings. The van der Waals surface area contributed by atoms with E-state index in [4.69, 9.17) is 9.26 Å². The summed E-state index contributed by atoms with van der Waals surface area (Å²) in [5.74, 6) is 0.742. The van der Waals surface area contributed by atoms with Crippen molar-refractivity contribution >= 4 is 0 Å². The van der Waals surface area contributed by atoms with Crippen molar-refractivity contribution in [1.82, 2.24) is 10.1 Å². The molecule has 1 aromatic rings. The molecule has 2 rings (SSSR count). The first-order valence-electron chi connectivity index (χ1n) is 5.97. The molecule has 1 aliphatic heterocycles. The molecule has 1 unspecified atom stereocenters. The van der Waals surface area contributed by atoms with Crippen LogP contribution in [0.4, 0.5) is 0 Å². The standard InChI is InChI=1S/C12H20N2O3/c1-12(15)4-3-5-14(9-12)7-10-6-11(8-16-2)17-13-10/h6,15H,3-5,7-9H2,1-2H3. The first-order valence-corrected chi connectivity index (χ1v) is 5.97. The van der Waals surface area contributed by atoms with Gasteiger partial charge in [0.05, 0.1) is 11.3 Å². The minimum Gasteiger partial charge on any atom is -0.389 e. The van der Waals surface area contributed by atoms with Crippen molar-refractivity contribution in [3.05, 3.63) is 17.5 Å². The Morgan fingerprint density at radius 1 is 1.65 bits per heavy atom. The van der Waals surface area contributed by atoms with Crippen LogP contribution in [0.5, 0.6) is 0 Å². The smallest absolute Gasteiger partial charge is 0.162 e. The van der Waals surface area contributed by atoms with Gasteiger partial charge in [0, 0.05) is 26.3 Å². The molecule has 0 amide bonds. The van der Waals surface area contributed by atoms with Gasteiger partial charge in [0.25, 0.3) is 0 Å². The molecule has 0 aromatic carbocycles. The average molecular weight is 240 g/mol. The summed E-state index contributed by atoms with van der Waals surface area (Å²) in [7, 11) is 1.63. The molecule has 5 nitrogen and oxygen atoms in total. The van der Waals surface area contributed by atoms with Gasteiger partial charge in [-0.15, -0.1) is 0 Å². The molecule has 1 atom stereocenters. The highest BCUT2D eigenvalue weighted by atomic mass is 16.5. The maximum absolute atomic E-state index is 10.0. The summed E-state index contributed by atoms with van der Waals surface area (Å²) in [5, 5.41) is 14.0. The minimum atomic E-state index is -0.572. The number of hydrogen-bond donors (Lipinski definition) is 1. The van der Waals surface area contributed by atoms with Gasteiger partial charge in [0.15, 0.2) is 5.76 Å². The lowest BCUT2D eigenvalue weighted by Gasteiger charge is -2.36. The molecule has 96 valence electrons.